The van der Waals surface area contributed by atoms with Crippen LogP contribution >= 0.6 is 0 Å². The predicted molar refractivity (Wildman–Crippen MR) is 109 cm³/mol. The average Bonchev–Trinajstić information content (AvgIpc) is 3.00. The van der Waals surface area contributed by atoms with Crippen molar-refractivity contribution in [2.24, 2.45) is 0 Å². The Morgan fingerprint density at radius 1 is 1.13 bits per heavy atom. The highest BCUT2D eigenvalue weighted by Gasteiger charge is 2.46. The highest BCUT2D eigenvalue weighted by atomic mass is 16.5. The molecular formula is C21H25N4O6-. The quantitative estimate of drug-likeness (QED) is 0.422. The molecule has 1 atom stereocenters. The van der Waals surface area contributed by atoms with E-state index in [1.54, 1.807) is 0 Å². The maximum Gasteiger partial charge on any atom is 0.266 e. The molecule has 31 heavy (non-hydrogen) atoms. The van der Waals surface area contributed by atoms with Gasteiger partial charge < -0.3 is 15.8 Å². The van der Waals surface area contributed by atoms with E-state index in [4.69, 9.17) is 10.5 Å². The number of nitrogens with zero attached hydrogens (tertiary/aromatic N) is 1. The highest BCUT2D eigenvalue weighted by molar-refractivity contribution is 6.24. The first-order valence-electron chi connectivity index (χ1n) is 10.3. The molecule has 10 nitrogen and oxygen atoms in total. The summed E-state index contributed by atoms with van der Waals surface area (Å²) in [6, 6.07) is 3.44. The maximum absolute atomic E-state index is 12.9. The van der Waals surface area contributed by atoms with Gasteiger partial charge in [-0.25, -0.2) is 0 Å². The van der Waals surface area contributed by atoms with E-state index in [0.29, 0.717) is 13.1 Å². The number of carbonyl (C=O) groups is 5. The van der Waals surface area contributed by atoms with Crippen molar-refractivity contribution in [3.8, 4) is 5.75 Å². The fourth-order valence-corrected chi connectivity index (χ4v) is 3.63. The summed E-state index contributed by atoms with van der Waals surface area (Å²) in [5, 5.41) is 4.88. The normalized spacial score (nSPS) is 18.1. The number of fused-ring (bicyclic) bond motifs is 1. The van der Waals surface area contributed by atoms with Crippen molar-refractivity contribution < 1.29 is 28.7 Å². The van der Waals surface area contributed by atoms with Crippen LogP contribution in [-0.2, 0) is 14.4 Å². The van der Waals surface area contributed by atoms with Gasteiger partial charge in [0.2, 0.25) is 11.8 Å². The lowest BCUT2D eigenvalue weighted by molar-refractivity contribution is -0.136. The minimum absolute atomic E-state index is 0.0143. The molecule has 166 valence electrons. The van der Waals surface area contributed by atoms with Crippen LogP contribution in [0.2, 0.25) is 0 Å². The molecule has 0 bridgehead atoms. The van der Waals surface area contributed by atoms with Crippen LogP contribution in [0.4, 0.5) is 0 Å². The number of hydrogen-bond acceptors (Lipinski definition) is 6. The molecule has 0 aliphatic carbocycles. The van der Waals surface area contributed by atoms with Crippen LogP contribution in [0, 0.1) is 0 Å². The summed E-state index contributed by atoms with van der Waals surface area (Å²) in [6.07, 6.45) is 3.64. The van der Waals surface area contributed by atoms with Crippen LogP contribution in [0.25, 0.3) is 5.73 Å². The molecule has 5 amide bonds. The molecule has 3 rings (SSSR count). The zero-order valence-electron chi connectivity index (χ0n) is 17.1. The number of benzene rings is 1. The standard InChI is InChI=1S/C21H25N4O6/c22-10-3-1-2-4-11-23-17(27)12-31-15-7-5-6-13-18(15)21(30)25(20(13)29)14-8-9-16(26)24-19(14)28/h5-7,14,22H,1-4,8-12H2,(H,23,27)(H,24,26,28)/q-1. The van der Waals surface area contributed by atoms with Crippen LogP contribution in [0.15, 0.2) is 18.2 Å². The van der Waals surface area contributed by atoms with Crippen LogP contribution in [0.1, 0.15) is 59.2 Å². The van der Waals surface area contributed by atoms with E-state index in [2.05, 4.69) is 10.6 Å². The fourth-order valence-electron chi connectivity index (χ4n) is 3.63. The Kier molecular flexibility index (Phi) is 7.35. The van der Waals surface area contributed by atoms with E-state index < -0.39 is 29.7 Å². The number of hydrogen-bond donors (Lipinski definition) is 2. The molecule has 2 heterocycles. The second-order valence-corrected chi connectivity index (χ2v) is 7.43. The molecule has 2 aliphatic heterocycles. The molecule has 0 spiro atoms. The van der Waals surface area contributed by atoms with Gasteiger partial charge in [-0.15, -0.1) is 0 Å². The van der Waals surface area contributed by atoms with Gasteiger partial charge in [0.25, 0.3) is 17.7 Å². The third-order valence-corrected chi connectivity index (χ3v) is 5.21. The molecule has 1 unspecified atom stereocenters. The molecule has 1 saturated heterocycles. The maximum atomic E-state index is 12.9. The van der Waals surface area contributed by atoms with Crippen molar-refractivity contribution in [2.45, 2.75) is 44.6 Å². The van der Waals surface area contributed by atoms with Crippen LogP contribution in [0.5, 0.6) is 5.75 Å². The molecule has 10 heteroatoms. The van der Waals surface area contributed by atoms with Crippen molar-refractivity contribution in [3.63, 3.8) is 0 Å². The van der Waals surface area contributed by atoms with Crippen LogP contribution in [-0.4, -0.2) is 60.2 Å². The van der Waals surface area contributed by atoms with Crippen molar-refractivity contribution in [1.29, 1.82) is 0 Å². The summed E-state index contributed by atoms with van der Waals surface area (Å²) >= 11 is 0. The van der Waals surface area contributed by atoms with Gasteiger partial charge in [-0.05, 0) is 25.0 Å². The molecule has 3 N–H and O–H groups in total. The Hall–Kier alpha value is -3.27. The van der Waals surface area contributed by atoms with E-state index >= 15 is 0 Å². The van der Waals surface area contributed by atoms with Crippen LogP contribution < -0.4 is 15.4 Å². The molecule has 2 aliphatic rings. The van der Waals surface area contributed by atoms with E-state index in [1.165, 1.54) is 18.2 Å². The highest BCUT2D eigenvalue weighted by Crippen LogP contribution is 2.33. The molecule has 0 aromatic heterocycles. The predicted octanol–water partition coefficient (Wildman–Crippen LogP) is 1.20. The zero-order chi connectivity index (χ0) is 22.4. The monoisotopic (exact) mass is 429 g/mol. The van der Waals surface area contributed by atoms with Gasteiger partial charge in [-0.1, -0.05) is 25.3 Å². The van der Waals surface area contributed by atoms with Crippen LogP contribution in [0.3, 0.4) is 0 Å². The Morgan fingerprint density at radius 3 is 2.65 bits per heavy atom. The first kappa shape index (κ1) is 22.4. The number of ether oxygens (including phenoxy) is 1. The molecular weight excluding hydrogens is 404 g/mol. The van der Waals surface area contributed by atoms with Crippen molar-refractivity contribution in [1.82, 2.24) is 15.5 Å². The van der Waals surface area contributed by atoms with Gasteiger partial charge in [0.1, 0.15) is 11.8 Å². The lowest BCUT2D eigenvalue weighted by Gasteiger charge is -2.27. The topological polar surface area (TPSA) is 146 Å². The molecule has 1 fully saturated rings. The third kappa shape index (κ3) is 5.08. The van der Waals surface area contributed by atoms with E-state index in [1.807, 2.05) is 0 Å². The Morgan fingerprint density at radius 2 is 1.90 bits per heavy atom. The summed E-state index contributed by atoms with van der Waals surface area (Å²) in [7, 11) is 0. The largest absolute Gasteiger partial charge is 0.677 e. The average molecular weight is 429 g/mol. The molecule has 0 saturated carbocycles. The van der Waals surface area contributed by atoms with Crippen molar-refractivity contribution in [3.05, 3.63) is 35.1 Å². The summed E-state index contributed by atoms with van der Waals surface area (Å²) < 4.78 is 5.51. The number of piperidine rings is 1. The van der Waals surface area contributed by atoms with Gasteiger partial charge >= 0.3 is 0 Å². The smallest absolute Gasteiger partial charge is 0.266 e. The first-order chi connectivity index (χ1) is 14.9. The number of imide groups is 2. The molecule has 1 aromatic rings. The van der Waals surface area contributed by atoms with Gasteiger partial charge in [-0.2, -0.15) is 6.54 Å². The lowest BCUT2D eigenvalue weighted by atomic mass is 10.0. The Labute approximate surface area is 179 Å². The Balaban J connectivity index is 1.61. The number of amides is 5. The summed E-state index contributed by atoms with van der Waals surface area (Å²) in [6.45, 7) is 0.584. The molecule has 1 aromatic carbocycles. The van der Waals surface area contributed by atoms with E-state index in [0.717, 1.165) is 30.6 Å². The summed E-state index contributed by atoms with van der Waals surface area (Å²) in [4.78, 5) is 62.1. The van der Waals surface area contributed by atoms with Gasteiger partial charge in [0.15, 0.2) is 6.61 Å². The van der Waals surface area contributed by atoms with Crippen molar-refractivity contribution >= 4 is 29.5 Å². The first-order valence-corrected chi connectivity index (χ1v) is 10.3. The lowest BCUT2D eigenvalue weighted by Crippen LogP contribution is -2.54. The fraction of sp³-hybridized carbons (Fsp3) is 0.476. The SMILES string of the molecule is [NH-]CCCCCCNC(=O)COc1cccc2c1C(=O)N(C1CCC(=O)NC1=O)C2=O. The zero-order valence-corrected chi connectivity index (χ0v) is 17.1. The van der Waals surface area contributed by atoms with Gasteiger partial charge in [0.05, 0.1) is 11.1 Å². The van der Waals surface area contributed by atoms with E-state index in [9.17, 15) is 24.0 Å². The second-order valence-electron chi connectivity index (χ2n) is 7.43. The number of rotatable bonds is 10. The minimum Gasteiger partial charge on any atom is -0.677 e. The summed E-state index contributed by atoms with van der Waals surface area (Å²) in [5.41, 5.74) is 7.20. The Bertz CT molecular complexity index is 900. The van der Waals surface area contributed by atoms with Crippen molar-refractivity contribution in [2.75, 3.05) is 19.7 Å². The van der Waals surface area contributed by atoms with E-state index in [-0.39, 0.29) is 42.2 Å². The second kappa shape index (κ2) is 10.2. The third-order valence-electron chi connectivity index (χ3n) is 5.21. The minimum atomic E-state index is -1.06. The number of carbonyl (C=O) groups excluding carboxylic acids is 5. The number of unbranched alkanes of at least 4 members (excludes halogenated alkanes) is 3. The summed E-state index contributed by atoms with van der Waals surface area (Å²) in [5.74, 6) is -2.69. The van der Waals surface area contributed by atoms with Gasteiger partial charge in [-0.3, -0.25) is 34.2 Å². The van der Waals surface area contributed by atoms with Gasteiger partial charge in [0, 0.05) is 13.0 Å². The molecule has 0 radical (unpaired) electrons. The number of nitrogens with one attached hydrogen (secondary N) is 3.